The average molecular weight is 265 g/mol. The van der Waals surface area contributed by atoms with Gasteiger partial charge in [-0.25, -0.2) is 0 Å². The van der Waals surface area contributed by atoms with E-state index in [1.807, 2.05) is 51.1 Å². The summed E-state index contributed by atoms with van der Waals surface area (Å²) in [4.78, 5) is 0. The van der Waals surface area contributed by atoms with Crippen LogP contribution in [0.2, 0.25) is 0 Å². The number of nitrogens with two attached hydrogens (primary N) is 1. The predicted molar refractivity (Wildman–Crippen MR) is 79.1 cm³/mol. The highest BCUT2D eigenvalue weighted by molar-refractivity contribution is 5.19. The maximum Gasteiger partial charge on any atom is 0.0766 e. The first-order valence-corrected chi connectivity index (χ1v) is 7.00. The Labute approximate surface area is 117 Å². The first kappa shape index (κ1) is 16.2. The zero-order valence-corrected chi connectivity index (χ0v) is 12.6. The van der Waals surface area contributed by atoms with Crippen molar-refractivity contribution < 1.29 is 9.47 Å². The van der Waals surface area contributed by atoms with Gasteiger partial charge in [0.15, 0.2) is 0 Å². The molecule has 108 valence electrons. The lowest BCUT2D eigenvalue weighted by Crippen LogP contribution is -2.30. The van der Waals surface area contributed by atoms with Gasteiger partial charge in [0.05, 0.1) is 31.0 Å². The fourth-order valence-electron chi connectivity index (χ4n) is 1.91. The van der Waals surface area contributed by atoms with E-state index in [-0.39, 0.29) is 17.7 Å². The molecular weight excluding hydrogens is 238 g/mol. The van der Waals surface area contributed by atoms with Gasteiger partial charge in [0.25, 0.3) is 0 Å². The summed E-state index contributed by atoms with van der Waals surface area (Å²) in [6.07, 6.45) is 0.928. The fraction of sp³-hybridized carbons (Fsp3) is 0.625. The second kappa shape index (κ2) is 7.63. The normalized spacial score (nSPS) is 15.2. The lowest BCUT2D eigenvalue weighted by molar-refractivity contribution is -0.0568. The minimum atomic E-state index is -0.118. The Kier molecular flexibility index (Phi) is 6.49. The van der Waals surface area contributed by atoms with Gasteiger partial charge in [-0.05, 0) is 32.8 Å². The first-order valence-electron chi connectivity index (χ1n) is 7.00. The van der Waals surface area contributed by atoms with Crippen molar-refractivity contribution in [1.29, 1.82) is 0 Å². The van der Waals surface area contributed by atoms with Crippen molar-refractivity contribution in [1.82, 2.24) is 0 Å². The smallest absolute Gasteiger partial charge is 0.0766 e. The lowest BCUT2D eigenvalue weighted by Gasteiger charge is -2.25. The summed E-state index contributed by atoms with van der Waals surface area (Å²) in [6.45, 7) is 9.40. The summed E-state index contributed by atoms with van der Waals surface area (Å²) < 4.78 is 11.5. The number of rotatable bonds is 7. The molecule has 19 heavy (non-hydrogen) atoms. The van der Waals surface area contributed by atoms with E-state index in [2.05, 4.69) is 6.92 Å². The van der Waals surface area contributed by atoms with E-state index < -0.39 is 0 Å². The maximum atomic E-state index is 6.25. The van der Waals surface area contributed by atoms with E-state index in [9.17, 15) is 0 Å². The van der Waals surface area contributed by atoms with Gasteiger partial charge in [0.2, 0.25) is 0 Å². The molecule has 0 aliphatic carbocycles. The molecule has 3 heteroatoms. The van der Waals surface area contributed by atoms with E-state index in [1.165, 1.54) is 0 Å². The van der Waals surface area contributed by atoms with Crippen LogP contribution in [0.15, 0.2) is 30.3 Å². The highest BCUT2D eigenvalue weighted by Crippen LogP contribution is 2.19. The number of ether oxygens (including phenoxy) is 2. The third kappa shape index (κ3) is 6.19. The summed E-state index contributed by atoms with van der Waals surface area (Å²) in [5.41, 5.74) is 7.25. The Bertz CT molecular complexity index is 346. The van der Waals surface area contributed by atoms with Crippen LogP contribution in [0.4, 0.5) is 0 Å². The van der Waals surface area contributed by atoms with Crippen molar-refractivity contribution >= 4 is 0 Å². The van der Waals surface area contributed by atoms with Crippen molar-refractivity contribution in [3.8, 4) is 0 Å². The third-order valence-corrected chi connectivity index (χ3v) is 2.94. The van der Waals surface area contributed by atoms with Gasteiger partial charge < -0.3 is 15.2 Å². The summed E-state index contributed by atoms with van der Waals surface area (Å²) in [5, 5.41) is 0. The van der Waals surface area contributed by atoms with Crippen molar-refractivity contribution in [2.75, 3.05) is 13.2 Å². The fourth-order valence-corrected chi connectivity index (χ4v) is 1.91. The minimum absolute atomic E-state index is 0.0333. The van der Waals surface area contributed by atoms with E-state index in [0.29, 0.717) is 13.2 Å². The molecule has 2 atom stereocenters. The van der Waals surface area contributed by atoms with Crippen LogP contribution >= 0.6 is 0 Å². The highest BCUT2D eigenvalue weighted by atomic mass is 16.5. The Balaban J connectivity index is 2.41. The van der Waals surface area contributed by atoms with Crippen molar-refractivity contribution in [3.63, 3.8) is 0 Å². The van der Waals surface area contributed by atoms with Crippen LogP contribution in [0.25, 0.3) is 0 Å². The topological polar surface area (TPSA) is 44.5 Å². The van der Waals surface area contributed by atoms with Gasteiger partial charge in [-0.15, -0.1) is 0 Å². The molecule has 2 unspecified atom stereocenters. The quantitative estimate of drug-likeness (QED) is 0.769. The lowest BCUT2D eigenvalue weighted by atomic mass is 10.0. The molecule has 0 aliphatic rings. The second-order valence-corrected chi connectivity index (χ2v) is 5.71. The molecule has 1 aromatic rings. The van der Waals surface area contributed by atoms with Crippen LogP contribution in [0, 0.1) is 0 Å². The first-order chi connectivity index (χ1) is 8.94. The molecule has 1 rings (SSSR count). The van der Waals surface area contributed by atoms with Gasteiger partial charge in [-0.3, -0.25) is 0 Å². The van der Waals surface area contributed by atoms with Crippen molar-refractivity contribution in [3.05, 3.63) is 35.9 Å². The Morgan fingerprint density at radius 1 is 1.11 bits per heavy atom. The standard InChI is InChI=1S/C16H27NO2/c1-5-14(18-11-12-19-16(2,3)4)15(17)13-9-7-6-8-10-13/h6-10,14-15H,5,11-12,17H2,1-4H3. The zero-order valence-electron chi connectivity index (χ0n) is 12.6. The summed E-state index contributed by atoms with van der Waals surface area (Å²) in [5.74, 6) is 0. The van der Waals surface area contributed by atoms with E-state index >= 15 is 0 Å². The number of benzene rings is 1. The van der Waals surface area contributed by atoms with E-state index in [4.69, 9.17) is 15.2 Å². The number of hydrogen-bond acceptors (Lipinski definition) is 3. The molecule has 0 fully saturated rings. The summed E-state index contributed by atoms with van der Waals surface area (Å²) in [7, 11) is 0. The van der Waals surface area contributed by atoms with Gasteiger partial charge in [0.1, 0.15) is 0 Å². The molecule has 0 spiro atoms. The average Bonchev–Trinajstić information content (AvgIpc) is 2.38. The van der Waals surface area contributed by atoms with Crippen LogP contribution in [0.5, 0.6) is 0 Å². The van der Waals surface area contributed by atoms with Crippen LogP contribution in [-0.2, 0) is 9.47 Å². The third-order valence-electron chi connectivity index (χ3n) is 2.94. The molecule has 0 aliphatic heterocycles. The van der Waals surface area contributed by atoms with Gasteiger partial charge >= 0.3 is 0 Å². The maximum absolute atomic E-state index is 6.25. The monoisotopic (exact) mass is 265 g/mol. The molecule has 0 bridgehead atoms. The Morgan fingerprint density at radius 2 is 1.74 bits per heavy atom. The second-order valence-electron chi connectivity index (χ2n) is 5.71. The van der Waals surface area contributed by atoms with Gasteiger partial charge in [-0.1, -0.05) is 37.3 Å². The molecule has 0 saturated carbocycles. The SMILES string of the molecule is CCC(OCCOC(C)(C)C)C(N)c1ccccc1. The summed E-state index contributed by atoms with van der Waals surface area (Å²) in [6, 6.07) is 10.0. The molecule has 0 amide bonds. The van der Waals surface area contributed by atoms with Crippen LogP contribution in [-0.4, -0.2) is 24.9 Å². The molecule has 3 nitrogen and oxygen atoms in total. The molecule has 2 N–H and O–H groups in total. The van der Waals surface area contributed by atoms with Crippen molar-refractivity contribution in [2.24, 2.45) is 5.73 Å². The largest absolute Gasteiger partial charge is 0.374 e. The summed E-state index contributed by atoms with van der Waals surface area (Å²) >= 11 is 0. The van der Waals surface area contributed by atoms with Crippen LogP contribution in [0.1, 0.15) is 45.7 Å². The minimum Gasteiger partial charge on any atom is -0.374 e. The Hall–Kier alpha value is -0.900. The molecule has 0 aromatic heterocycles. The van der Waals surface area contributed by atoms with E-state index in [0.717, 1.165) is 12.0 Å². The molecule has 0 heterocycles. The molecule has 0 saturated heterocycles. The zero-order chi connectivity index (χ0) is 14.3. The van der Waals surface area contributed by atoms with Crippen LogP contribution in [0.3, 0.4) is 0 Å². The van der Waals surface area contributed by atoms with Gasteiger partial charge in [0, 0.05) is 0 Å². The molecule has 1 aromatic carbocycles. The van der Waals surface area contributed by atoms with Crippen molar-refractivity contribution in [2.45, 2.75) is 51.9 Å². The van der Waals surface area contributed by atoms with E-state index in [1.54, 1.807) is 0 Å². The predicted octanol–water partition coefficient (Wildman–Crippen LogP) is 3.30. The highest BCUT2D eigenvalue weighted by Gasteiger charge is 2.18. The number of hydrogen-bond donors (Lipinski definition) is 1. The molecule has 0 radical (unpaired) electrons. The molecular formula is C16H27NO2. The van der Waals surface area contributed by atoms with Gasteiger partial charge in [-0.2, -0.15) is 0 Å². The Morgan fingerprint density at radius 3 is 2.26 bits per heavy atom. The van der Waals surface area contributed by atoms with Crippen LogP contribution < -0.4 is 5.73 Å².